The number of rotatable bonds is 6. The number of methoxy groups -OCH3 is 1. The fourth-order valence-corrected chi connectivity index (χ4v) is 3.09. The van der Waals surface area contributed by atoms with E-state index in [9.17, 15) is 9.59 Å². The Hall–Kier alpha value is -3.46. The number of benzene rings is 2. The molecule has 0 fully saturated rings. The van der Waals surface area contributed by atoms with Gasteiger partial charge in [-0.3, -0.25) is 4.79 Å². The van der Waals surface area contributed by atoms with Crippen molar-refractivity contribution in [1.82, 2.24) is 10.3 Å². The third kappa shape index (κ3) is 3.87. The summed E-state index contributed by atoms with van der Waals surface area (Å²) in [5, 5.41) is 12.9. The normalized spacial score (nSPS) is 11.7. The minimum atomic E-state index is -0.804. The molecule has 1 aromatic heterocycles. The Balaban J connectivity index is 2.02. The molecule has 3 rings (SSSR count). The highest BCUT2D eigenvalue weighted by molar-refractivity contribution is 6.16. The Labute approximate surface area is 156 Å². The molecule has 0 aliphatic rings. The molecule has 0 saturated carbocycles. The Kier molecular flexibility index (Phi) is 5.62. The third-order valence-electron chi connectivity index (χ3n) is 4.39. The van der Waals surface area contributed by atoms with Crippen molar-refractivity contribution in [1.29, 1.82) is 5.26 Å². The fourth-order valence-electron chi connectivity index (χ4n) is 3.09. The topological polar surface area (TPSA) is 92.1 Å². The number of aromatic nitrogens is 1. The number of carbonyl (C=O) groups excluding carboxylic acids is 2. The molecule has 1 amide bonds. The van der Waals surface area contributed by atoms with Gasteiger partial charge in [0, 0.05) is 17.2 Å². The number of nitrogens with one attached hydrogen (secondary N) is 1. The van der Waals surface area contributed by atoms with Gasteiger partial charge in [0.1, 0.15) is 6.04 Å². The minimum absolute atomic E-state index is 0.310. The number of amides is 1. The van der Waals surface area contributed by atoms with E-state index < -0.39 is 12.0 Å². The van der Waals surface area contributed by atoms with Crippen LogP contribution in [0.15, 0.2) is 48.5 Å². The number of pyridine rings is 1. The molecule has 6 nitrogen and oxygen atoms in total. The number of hydrogen-bond donors (Lipinski definition) is 1. The van der Waals surface area contributed by atoms with Crippen LogP contribution < -0.4 is 5.32 Å². The Morgan fingerprint density at radius 3 is 2.26 bits per heavy atom. The molecule has 2 aromatic carbocycles. The van der Waals surface area contributed by atoms with E-state index in [1.54, 1.807) is 0 Å². The van der Waals surface area contributed by atoms with Crippen LogP contribution in [-0.4, -0.2) is 30.0 Å². The van der Waals surface area contributed by atoms with E-state index >= 15 is 0 Å². The highest BCUT2D eigenvalue weighted by Crippen LogP contribution is 2.26. The maximum atomic E-state index is 13.1. The SMILES string of the molecule is COC(=O)[C@@H](CCCC#N)NC(=O)c1c2ccccc2nc2ccccc12. The van der Waals surface area contributed by atoms with E-state index in [1.165, 1.54) is 7.11 Å². The number of nitrogens with zero attached hydrogens (tertiary/aromatic N) is 2. The Bertz CT molecular complexity index is 986. The average molecular weight is 361 g/mol. The summed E-state index contributed by atoms with van der Waals surface area (Å²) >= 11 is 0. The molecule has 1 N–H and O–H groups in total. The molecule has 0 aliphatic heterocycles. The molecular formula is C21H19N3O3. The summed E-state index contributed by atoms with van der Waals surface area (Å²) in [6, 6.07) is 16.0. The van der Waals surface area contributed by atoms with E-state index in [4.69, 9.17) is 10.00 Å². The molecule has 0 bridgehead atoms. The van der Waals surface area contributed by atoms with Gasteiger partial charge in [-0.05, 0) is 25.0 Å². The van der Waals surface area contributed by atoms with E-state index in [0.717, 1.165) is 0 Å². The van der Waals surface area contributed by atoms with Gasteiger partial charge in [-0.25, -0.2) is 9.78 Å². The summed E-state index contributed by atoms with van der Waals surface area (Å²) in [5.41, 5.74) is 1.89. The molecule has 0 saturated heterocycles. The summed E-state index contributed by atoms with van der Waals surface area (Å²) in [5.74, 6) is -0.888. The van der Waals surface area contributed by atoms with Gasteiger partial charge >= 0.3 is 5.97 Å². The molecule has 1 atom stereocenters. The zero-order valence-corrected chi connectivity index (χ0v) is 14.9. The number of para-hydroxylation sites is 2. The molecule has 6 heteroatoms. The molecular weight excluding hydrogens is 342 g/mol. The zero-order valence-electron chi connectivity index (χ0n) is 14.9. The van der Waals surface area contributed by atoms with Crippen LogP contribution in [-0.2, 0) is 9.53 Å². The third-order valence-corrected chi connectivity index (χ3v) is 4.39. The smallest absolute Gasteiger partial charge is 0.328 e. The number of carbonyl (C=O) groups is 2. The highest BCUT2D eigenvalue weighted by Gasteiger charge is 2.24. The van der Waals surface area contributed by atoms with Gasteiger partial charge in [-0.15, -0.1) is 0 Å². The summed E-state index contributed by atoms with van der Waals surface area (Å²) in [4.78, 5) is 29.8. The van der Waals surface area contributed by atoms with Crippen LogP contribution in [0.1, 0.15) is 29.6 Å². The Morgan fingerprint density at radius 2 is 1.70 bits per heavy atom. The molecule has 0 aliphatic carbocycles. The molecule has 0 unspecified atom stereocenters. The number of esters is 1. The summed E-state index contributed by atoms with van der Waals surface area (Å²) < 4.78 is 4.81. The van der Waals surface area contributed by atoms with Gasteiger partial charge in [-0.1, -0.05) is 36.4 Å². The summed E-state index contributed by atoms with van der Waals surface area (Å²) in [6.07, 6.45) is 1.14. The maximum Gasteiger partial charge on any atom is 0.328 e. The predicted molar refractivity (Wildman–Crippen MR) is 102 cm³/mol. The van der Waals surface area contributed by atoms with E-state index in [0.29, 0.717) is 46.6 Å². The van der Waals surface area contributed by atoms with Crippen molar-refractivity contribution >= 4 is 33.7 Å². The minimum Gasteiger partial charge on any atom is -0.467 e. The van der Waals surface area contributed by atoms with Gasteiger partial charge in [0.2, 0.25) is 0 Å². The predicted octanol–water partition coefficient (Wildman–Crippen LogP) is 3.35. The first-order valence-electron chi connectivity index (χ1n) is 8.69. The average Bonchev–Trinajstić information content (AvgIpc) is 2.70. The van der Waals surface area contributed by atoms with Gasteiger partial charge in [0.05, 0.1) is 29.8 Å². The van der Waals surface area contributed by atoms with Crippen molar-refractivity contribution < 1.29 is 14.3 Å². The van der Waals surface area contributed by atoms with Crippen LogP contribution in [0, 0.1) is 11.3 Å². The first kappa shape index (κ1) is 18.3. The van der Waals surface area contributed by atoms with Crippen LogP contribution in [0.5, 0.6) is 0 Å². The monoisotopic (exact) mass is 361 g/mol. The molecule has 3 aromatic rings. The molecule has 136 valence electrons. The number of fused-ring (bicyclic) bond motifs is 2. The fraction of sp³-hybridized carbons (Fsp3) is 0.238. The van der Waals surface area contributed by atoms with Gasteiger partial charge in [-0.2, -0.15) is 5.26 Å². The van der Waals surface area contributed by atoms with Crippen LogP contribution in [0.2, 0.25) is 0 Å². The van der Waals surface area contributed by atoms with Gasteiger partial charge in [0.25, 0.3) is 5.91 Å². The number of ether oxygens (including phenoxy) is 1. The lowest BCUT2D eigenvalue weighted by atomic mass is 10.0. The van der Waals surface area contributed by atoms with Crippen molar-refractivity contribution in [3.05, 3.63) is 54.1 Å². The lowest BCUT2D eigenvalue weighted by molar-refractivity contribution is -0.143. The first-order valence-corrected chi connectivity index (χ1v) is 8.69. The zero-order chi connectivity index (χ0) is 19.2. The number of unbranched alkanes of at least 4 members (excludes halogenated alkanes) is 1. The van der Waals surface area contributed by atoms with Crippen molar-refractivity contribution in [3.8, 4) is 6.07 Å². The van der Waals surface area contributed by atoms with E-state index in [2.05, 4.69) is 10.3 Å². The standard InChI is InChI=1S/C21H19N3O3/c1-27-21(26)18(12-6-7-13-22)24-20(25)19-14-8-2-4-10-16(14)23-17-11-5-3-9-15(17)19/h2-5,8-11,18H,6-7,12H2,1H3,(H,24,25)/t18-/m1/s1. The van der Waals surface area contributed by atoms with Crippen LogP contribution in [0.25, 0.3) is 21.8 Å². The quantitative estimate of drug-likeness (QED) is 0.413. The Morgan fingerprint density at radius 1 is 1.11 bits per heavy atom. The van der Waals surface area contributed by atoms with Crippen LogP contribution in [0.4, 0.5) is 0 Å². The second-order valence-electron chi connectivity index (χ2n) is 6.12. The van der Waals surface area contributed by atoms with Crippen molar-refractivity contribution in [2.45, 2.75) is 25.3 Å². The second-order valence-corrected chi connectivity index (χ2v) is 6.12. The van der Waals surface area contributed by atoms with Gasteiger partial charge < -0.3 is 10.1 Å². The molecule has 27 heavy (non-hydrogen) atoms. The molecule has 0 spiro atoms. The van der Waals surface area contributed by atoms with E-state index in [-0.39, 0.29) is 5.91 Å². The summed E-state index contributed by atoms with van der Waals surface area (Å²) in [6.45, 7) is 0. The lowest BCUT2D eigenvalue weighted by Gasteiger charge is -2.17. The van der Waals surface area contributed by atoms with E-state index in [1.807, 2.05) is 54.6 Å². The van der Waals surface area contributed by atoms with Crippen LogP contribution >= 0.6 is 0 Å². The van der Waals surface area contributed by atoms with Crippen molar-refractivity contribution in [3.63, 3.8) is 0 Å². The molecule has 0 radical (unpaired) electrons. The van der Waals surface area contributed by atoms with Crippen molar-refractivity contribution in [2.75, 3.05) is 7.11 Å². The highest BCUT2D eigenvalue weighted by atomic mass is 16.5. The lowest BCUT2D eigenvalue weighted by Crippen LogP contribution is -2.41. The summed E-state index contributed by atoms with van der Waals surface area (Å²) in [7, 11) is 1.28. The maximum absolute atomic E-state index is 13.1. The number of hydrogen-bond acceptors (Lipinski definition) is 5. The largest absolute Gasteiger partial charge is 0.467 e. The van der Waals surface area contributed by atoms with Crippen molar-refractivity contribution in [2.24, 2.45) is 0 Å². The first-order chi connectivity index (χ1) is 13.2. The van der Waals surface area contributed by atoms with Gasteiger partial charge in [0.15, 0.2) is 0 Å². The molecule has 1 heterocycles. The second kappa shape index (κ2) is 8.28. The number of nitriles is 1. The van der Waals surface area contributed by atoms with Crippen LogP contribution in [0.3, 0.4) is 0 Å².